The largest absolute Gasteiger partial charge is 0.129 e. The molecule has 0 aliphatic heterocycles. The van der Waals surface area contributed by atoms with E-state index in [4.69, 9.17) is 0 Å². The zero-order chi connectivity index (χ0) is 24.2. The number of rotatable bonds is 6. The van der Waals surface area contributed by atoms with E-state index in [1.165, 1.54) is 59.8 Å². The molecule has 0 radical (unpaired) electrons. The van der Waals surface area contributed by atoms with Crippen molar-refractivity contribution in [2.75, 3.05) is 6.26 Å². The highest BCUT2D eigenvalue weighted by molar-refractivity contribution is 8.02. The number of fused-ring (bicyclic) bond motifs is 3. The van der Waals surface area contributed by atoms with Crippen molar-refractivity contribution in [3.63, 3.8) is 0 Å². The van der Waals surface area contributed by atoms with E-state index in [1.807, 2.05) is 11.8 Å². The van der Waals surface area contributed by atoms with Gasteiger partial charge in [-0.15, -0.1) is 11.8 Å². The molecule has 0 amide bonds. The predicted molar refractivity (Wildman–Crippen MR) is 158 cm³/mol. The van der Waals surface area contributed by atoms with Crippen LogP contribution in [0.1, 0.15) is 41.7 Å². The van der Waals surface area contributed by atoms with E-state index in [0.717, 1.165) is 19.3 Å². The van der Waals surface area contributed by atoms with Crippen LogP contribution < -0.4 is 0 Å². The van der Waals surface area contributed by atoms with Crippen LogP contribution in [0.3, 0.4) is 0 Å². The Morgan fingerprint density at radius 3 is 2.31 bits per heavy atom. The van der Waals surface area contributed by atoms with Crippen LogP contribution in [0.5, 0.6) is 0 Å². The highest BCUT2D eigenvalue weighted by Crippen LogP contribution is 2.37. The average Bonchev–Trinajstić information content (AvgIpc) is 3.12. The molecule has 0 nitrogen and oxygen atoms in total. The second kappa shape index (κ2) is 10.5. The summed E-state index contributed by atoms with van der Waals surface area (Å²) < 4.78 is 0. The first kappa shape index (κ1) is 23.5. The lowest BCUT2D eigenvalue weighted by atomic mass is 9.85. The molecule has 0 heterocycles. The van der Waals surface area contributed by atoms with Gasteiger partial charge in [0, 0.05) is 4.91 Å². The number of hydrogen-bond acceptors (Lipinski definition) is 1. The molecule has 5 rings (SSSR count). The minimum absolute atomic E-state index is 0.991. The van der Waals surface area contributed by atoms with Gasteiger partial charge in [-0.05, 0) is 98.7 Å². The lowest BCUT2D eigenvalue weighted by Gasteiger charge is -2.19. The zero-order valence-corrected chi connectivity index (χ0v) is 21.7. The normalized spacial score (nSPS) is 13.9. The lowest BCUT2D eigenvalue weighted by molar-refractivity contribution is 1.07. The number of thioether (sulfide) groups is 1. The molecule has 0 bridgehead atoms. The molecule has 0 spiro atoms. The van der Waals surface area contributed by atoms with Crippen molar-refractivity contribution in [2.24, 2.45) is 0 Å². The minimum Gasteiger partial charge on any atom is -0.129 e. The highest BCUT2D eigenvalue weighted by Gasteiger charge is 2.18. The highest BCUT2D eigenvalue weighted by atomic mass is 32.2. The molecule has 4 aromatic carbocycles. The Morgan fingerprint density at radius 2 is 1.57 bits per heavy atom. The Labute approximate surface area is 213 Å². The molecule has 0 N–H and O–H groups in total. The maximum atomic E-state index is 2.44. The van der Waals surface area contributed by atoms with Crippen LogP contribution in [0.25, 0.3) is 33.7 Å². The summed E-state index contributed by atoms with van der Waals surface area (Å²) in [6.45, 7) is 4.58. The van der Waals surface area contributed by atoms with Gasteiger partial charge in [-0.25, -0.2) is 0 Å². The number of benzene rings is 4. The predicted octanol–water partition coefficient (Wildman–Crippen LogP) is 9.57. The molecular weight excluding hydrogens is 440 g/mol. The van der Waals surface area contributed by atoms with Crippen LogP contribution in [0.4, 0.5) is 0 Å². The molecule has 1 heteroatoms. The topological polar surface area (TPSA) is 0 Å². The van der Waals surface area contributed by atoms with E-state index in [0.29, 0.717) is 0 Å². The summed E-state index contributed by atoms with van der Waals surface area (Å²) in [5.41, 5.74) is 8.43. The van der Waals surface area contributed by atoms with Gasteiger partial charge in [-0.2, -0.15) is 0 Å². The molecule has 0 fully saturated rings. The van der Waals surface area contributed by atoms with Crippen molar-refractivity contribution in [1.82, 2.24) is 0 Å². The molecule has 0 aromatic heterocycles. The second-order valence-electron chi connectivity index (χ2n) is 9.01. The zero-order valence-electron chi connectivity index (χ0n) is 20.8. The maximum absolute atomic E-state index is 2.44. The van der Waals surface area contributed by atoms with Crippen molar-refractivity contribution in [1.29, 1.82) is 0 Å². The third-order valence-corrected chi connectivity index (χ3v) is 7.84. The van der Waals surface area contributed by atoms with Gasteiger partial charge in [-0.3, -0.25) is 0 Å². The van der Waals surface area contributed by atoms with Crippen molar-refractivity contribution in [3.05, 3.63) is 129 Å². The Hall–Kier alpha value is -3.29. The lowest BCUT2D eigenvalue weighted by Crippen LogP contribution is -2.02. The molecule has 0 saturated heterocycles. The summed E-state index contributed by atoms with van der Waals surface area (Å²) in [6, 6.07) is 24.1. The summed E-state index contributed by atoms with van der Waals surface area (Å²) >= 11 is 1.82. The van der Waals surface area contributed by atoms with Crippen molar-refractivity contribution in [3.8, 4) is 0 Å². The quantitative estimate of drug-likeness (QED) is 0.252. The van der Waals surface area contributed by atoms with E-state index >= 15 is 0 Å². The van der Waals surface area contributed by atoms with Gasteiger partial charge in [0.05, 0.1) is 0 Å². The summed E-state index contributed by atoms with van der Waals surface area (Å²) in [6.07, 6.45) is 19.0. The first-order valence-electron chi connectivity index (χ1n) is 12.6. The third-order valence-electron chi connectivity index (χ3n) is 7.03. The summed E-state index contributed by atoms with van der Waals surface area (Å²) in [5, 5.41) is 5.40. The summed E-state index contributed by atoms with van der Waals surface area (Å²) in [5.74, 6) is 0. The van der Waals surface area contributed by atoms with Crippen LogP contribution in [0, 0.1) is 0 Å². The van der Waals surface area contributed by atoms with Crippen molar-refractivity contribution in [2.45, 2.75) is 33.1 Å². The van der Waals surface area contributed by atoms with Gasteiger partial charge in [-0.1, -0.05) is 98.8 Å². The van der Waals surface area contributed by atoms with E-state index in [-0.39, 0.29) is 0 Å². The van der Waals surface area contributed by atoms with E-state index in [1.54, 1.807) is 0 Å². The SMILES string of the molecule is CCc1c2c(c(CC)c3ccccc13)CC=CC(/C(=C/C=C/c1ccc3ccccc3c1)SC)=C2. The first-order chi connectivity index (χ1) is 17.2. The molecule has 1 aliphatic carbocycles. The minimum atomic E-state index is 0.991. The van der Waals surface area contributed by atoms with Crippen LogP contribution in [0.15, 0.2) is 102 Å². The van der Waals surface area contributed by atoms with Crippen LogP contribution >= 0.6 is 11.8 Å². The monoisotopic (exact) mass is 472 g/mol. The Kier molecular flexibility index (Phi) is 7.06. The van der Waals surface area contributed by atoms with Crippen LogP contribution in [-0.4, -0.2) is 6.26 Å². The van der Waals surface area contributed by atoms with Gasteiger partial charge in [0.25, 0.3) is 0 Å². The third kappa shape index (κ3) is 4.66. The summed E-state index contributed by atoms with van der Waals surface area (Å²) in [4.78, 5) is 1.29. The number of hydrogen-bond donors (Lipinski definition) is 0. The maximum Gasteiger partial charge on any atom is 0.0142 e. The molecule has 174 valence electrons. The van der Waals surface area contributed by atoms with Gasteiger partial charge >= 0.3 is 0 Å². The van der Waals surface area contributed by atoms with E-state index in [2.05, 4.69) is 123 Å². The first-order valence-corrected chi connectivity index (χ1v) is 13.8. The second-order valence-corrected chi connectivity index (χ2v) is 9.86. The molecular formula is C34H32S. The fourth-order valence-corrected chi connectivity index (χ4v) is 5.93. The molecule has 0 saturated carbocycles. The fourth-order valence-electron chi connectivity index (χ4n) is 5.35. The number of aryl methyl sites for hydroxylation is 2. The smallest absolute Gasteiger partial charge is 0.0142 e. The van der Waals surface area contributed by atoms with Gasteiger partial charge in [0.1, 0.15) is 0 Å². The van der Waals surface area contributed by atoms with Crippen molar-refractivity contribution >= 4 is 45.5 Å². The van der Waals surface area contributed by atoms with Gasteiger partial charge in [0.2, 0.25) is 0 Å². The molecule has 0 atom stereocenters. The molecule has 0 unspecified atom stereocenters. The standard InChI is InChI=1S/C34H32S/c1-4-28-30-16-8-9-17-31(30)29(5-2)33-23-27(15-11-18-32(28)33)34(35-3)19-10-12-24-20-21-25-13-6-7-14-26(25)22-24/h6-17,19-23H,4-5,18H2,1-3H3/b12-10+,34-19-. The fraction of sp³-hybridized carbons (Fsp3) is 0.176. The van der Waals surface area contributed by atoms with Gasteiger partial charge < -0.3 is 0 Å². The molecule has 35 heavy (non-hydrogen) atoms. The number of allylic oxidation sites excluding steroid dienone is 5. The summed E-state index contributed by atoms with van der Waals surface area (Å²) in [7, 11) is 0. The van der Waals surface area contributed by atoms with Crippen molar-refractivity contribution < 1.29 is 0 Å². The average molecular weight is 473 g/mol. The molecule has 4 aromatic rings. The van der Waals surface area contributed by atoms with E-state index in [9.17, 15) is 0 Å². The van der Waals surface area contributed by atoms with Crippen LogP contribution in [-0.2, 0) is 19.3 Å². The van der Waals surface area contributed by atoms with Crippen LogP contribution in [0.2, 0.25) is 0 Å². The Morgan fingerprint density at radius 1 is 0.857 bits per heavy atom. The Balaban J connectivity index is 1.56. The van der Waals surface area contributed by atoms with Gasteiger partial charge in [0.15, 0.2) is 0 Å². The van der Waals surface area contributed by atoms with E-state index < -0.39 is 0 Å². The molecule has 1 aliphatic rings. The Bertz CT molecular complexity index is 1510.